The van der Waals surface area contributed by atoms with Crippen LogP contribution >= 0.6 is 0 Å². The van der Waals surface area contributed by atoms with Gasteiger partial charge in [-0.05, 0) is 0 Å². The molecule has 0 aliphatic carbocycles. The van der Waals surface area contributed by atoms with Gasteiger partial charge in [-0.15, -0.1) is 0 Å². The monoisotopic (exact) mass is 366 g/mol. The fourth-order valence-electron chi connectivity index (χ4n) is 0. The summed E-state index contributed by atoms with van der Waals surface area (Å²) in [5, 5.41) is 0. The van der Waals surface area contributed by atoms with Crippen LogP contribution in [0.5, 0.6) is 0 Å². The van der Waals surface area contributed by atoms with Crippen LogP contribution in [0, 0.1) is 35.6 Å². The van der Waals surface area contributed by atoms with E-state index in [0.717, 1.165) is 0 Å². The van der Waals surface area contributed by atoms with Gasteiger partial charge >= 0.3 is 0 Å². The molecule has 0 saturated carbocycles. The molecule has 0 saturated heterocycles. The predicted molar refractivity (Wildman–Crippen MR) is 0 cm³/mol. The van der Waals surface area contributed by atoms with Gasteiger partial charge in [0.1, 0.15) is 0 Å². The zero-order valence-electron chi connectivity index (χ0n) is 2.15. The van der Waals surface area contributed by atoms with E-state index in [1.807, 2.05) is 0 Å². The summed E-state index contributed by atoms with van der Waals surface area (Å²) in [7, 11) is 0. The van der Waals surface area contributed by atoms with Gasteiger partial charge in [0, 0.05) is 116 Å². The summed E-state index contributed by atoms with van der Waals surface area (Å²) >= 11 is 0. The molecular weight excluding hydrogens is 367 g/mol. The van der Waals surface area contributed by atoms with Crippen LogP contribution in [0.3, 0.4) is 0 Å². The Morgan fingerprint density at radius 2 is 1.00 bits per heavy atom. The van der Waals surface area contributed by atoms with Gasteiger partial charge in [-0.3, -0.25) is 0 Å². The Bertz CT molecular complexity index is 8.00. The smallest absolute Gasteiger partial charge is 0 e. The van der Waals surface area contributed by atoms with Crippen LogP contribution in [0.25, 0.3) is 0 Å². The molecule has 4 heavy (non-hydrogen) atoms. The Balaban J connectivity index is 0. The molecule has 0 fully saturated rings. The number of rotatable bonds is 0. The second-order valence-corrected chi connectivity index (χ2v) is 0. The van der Waals surface area contributed by atoms with E-state index >= 15 is 0 Å². The van der Waals surface area contributed by atoms with Gasteiger partial charge in [0.15, 0.2) is 0 Å². The third-order valence-electron chi connectivity index (χ3n) is 0. The SMILES string of the molecule is [La].[Ti].[Y].[Zr]. The first-order valence-electron chi connectivity index (χ1n) is 0. The van der Waals surface area contributed by atoms with Gasteiger partial charge in [-0.2, -0.15) is 0 Å². The molecule has 0 spiro atoms. The molecule has 0 heterocycles. The molecule has 0 aromatic heterocycles. The molecule has 0 aliphatic rings. The molecule has 0 nitrogen and oxygen atoms in total. The van der Waals surface area contributed by atoms with Gasteiger partial charge in [0.2, 0.25) is 0 Å². The Morgan fingerprint density at radius 3 is 1.00 bits per heavy atom. The maximum Gasteiger partial charge on any atom is 0 e. The second-order valence-electron chi connectivity index (χ2n) is 0. The summed E-state index contributed by atoms with van der Waals surface area (Å²) in [5.41, 5.74) is 0. The summed E-state index contributed by atoms with van der Waals surface area (Å²) in [6.45, 7) is 0. The van der Waals surface area contributed by atoms with Gasteiger partial charge in [0.05, 0.1) is 0 Å². The molecule has 4 heteroatoms. The van der Waals surface area contributed by atoms with Crippen LogP contribution in [0.4, 0.5) is 0 Å². The van der Waals surface area contributed by atoms with E-state index in [4.69, 9.17) is 0 Å². The number of hydrogen-bond donors (Lipinski definition) is 0. The zero-order chi connectivity index (χ0) is 0. The van der Waals surface area contributed by atoms with E-state index in [1.165, 1.54) is 0 Å². The van der Waals surface area contributed by atoms with Crippen LogP contribution in [0.2, 0.25) is 0 Å². The van der Waals surface area contributed by atoms with Crippen LogP contribution in [0.15, 0.2) is 0 Å². The average molecular weight is 367 g/mol. The molecule has 0 amide bonds. The van der Waals surface area contributed by atoms with Gasteiger partial charge < -0.3 is 0 Å². The molecule has 0 N–H and O–H groups in total. The third-order valence-corrected chi connectivity index (χ3v) is 0. The topological polar surface area (TPSA) is 0 Å². The van der Waals surface area contributed by atoms with Crippen molar-refractivity contribution in [2.24, 2.45) is 0 Å². The van der Waals surface area contributed by atoms with Gasteiger partial charge in [-0.1, -0.05) is 0 Å². The van der Waals surface area contributed by atoms with Crippen LogP contribution in [-0.4, -0.2) is 0 Å². The van der Waals surface area contributed by atoms with Gasteiger partial charge in [-0.25, -0.2) is 0 Å². The van der Waals surface area contributed by atoms with E-state index in [9.17, 15) is 0 Å². The molecule has 0 bridgehead atoms. The fraction of sp³-hybridized carbons (Fsp3) is 0. The van der Waals surface area contributed by atoms with Crippen LogP contribution in [-0.2, 0) is 80.6 Å². The van der Waals surface area contributed by atoms with E-state index in [1.54, 1.807) is 0 Å². The minimum absolute atomic E-state index is 0. The zero-order valence-corrected chi connectivity index (χ0v) is 12.6. The summed E-state index contributed by atoms with van der Waals surface area (Å²) in [5.74, 6) is 0. The van der Waals surface area contributed by atoms with Crippen molar-refractivity contribution >= 4 is 0 Å². The summed E-state index contributed by atoms with van der Waals surface area (Å²) in [6.07, 6.45) is 0. The third kappa shape index (κ3) is 9.31. The van der Waals surface area contributed by atoms with Crippen molar-refractivity contribution in [3.05, 3.63) is 0 Å². The first kappa shape index (κ1) is 24.7. The summed E-state index contributed by atoms with van der Waals surface area (Å²) in [4.78, 5) is 0. The molecule has 0 aliphatic heterocycles. The Kier molecular flexibility index (Phi) is 97.7. The average Bonchev–Trinajstić information content (AvgIpc) is 0. The van der Waals surface area contributed by atoms with Crippen molar-refractivity contribution in [2.45, 2.75) is 0 Å². The van der Waals surface area contributed by atoms with E-state index in [2.05, 4.69) is 0 Å². The minimum Gasteiger partial charge on any atom is 0 e. The molecule has 0 aromatic carbocycles. The molecular formula is LaTiYZr. The normalized spacial score (nSPS) is 0. The largest absolute Gasteiger partial charge is 0 e. The summed E-state index contributed by atoms with van der Waals surface area (Å²) in [6, 6.07) is 0. The standard InChI is InChI=1S/La.Ti.Y.Zr. The van der Waals surface area contributed by atoms with Crippen molar-refractivity contribution in [2.75, 3.05) is 0 Å². The predicted octanol–water partition coefficient (Wildman–Crippen LogP) is -0.00750. The molecule has 2 radical (unpaired) electrons. The van der Waals surface area contributed by atoms with Gasteiger partial charge in [0.25, 0.3) is 0 Å². The van der Waals surface area contributed by atoms with Crippen molar-refractivity contribution < 1.29 is 116 Å². The maximum absolute atomic E-state index is 0. The first-order chi connectivity index (χ1) is 0. The molecule has 0 rings (SSSR count). The molecule has 14 valence electrons. The Hall–Kier alpha value is 3.90. The Morgan fingerprint density at radius 1 is 1.00 bits per heavy atom. The molecule has 0 atom stereocenters. The minimum atomic E-state index is 0. The summed E-state index contributed by atoms with van der Waals surface area (Å²) < 4.78 is 0. The van der Waals surface area contributed by atoms with Crippen molar-refractivity contribution in [3.8, 4) is 0 Å². The van der Waals surface area contributed by atoms with Crippen LogP contribution < -0.4 is 0 Å². The molecule has 0 aromatic rings. The first-order valence-corrected chi connectivity index (χ1v) is 0. The van der Waals surface area contributed by atoms with E-state index in [0.29, 0.717) is 0 Å². The van der Waals surface area contributed by atoms with E-state index < -0.39 is 0 Å². The quantitative estimate of drug-likeness (QED) is 0.529. The molecule has 0 unspecified atom stereocenters. The number of hydrogen-bond acceptors (Lipinski definition) is 0. The second kappa shape index (κ2) is 15.8. The van der Waals surface area contributed by atoms with Crippen molar-refractivity contribution in [1.82, 2.24) is 0 Å². The van der Waals surface area contributed by atoms with Crippen molar-refractivity contribution in [1.29, 1.82) is 0 Å². The Labute approximate surface area is 113 Å². The maximum atomic E-state index is 0. The van der Waals surface area contributed by atoms with Crippen molar-refractivity contribution in [3.63, 3.8) is 0 Å². The van der Waals surface area contributed by atoms with E-state index in [-0.39, 0.29) is 116 Å². The van der Waals surface area contributed by atoms with Crippen LogP contribution in [0.1, 0.15) is 0 Å². The fourth-order valence-corrected chi connectivity index (χ4v) is 0.